The van der Waals surface area contributed by atoms with Crippen LogP contribution in [0.5, 0.6) is 0 Å². The molecule has 1 heterocycles. The van der Waals surface area contributed by atoms with E-state index in [1.807, 2.05) is 19.9 Å². The van der Waals surface area contributed by atoms with Gasteiger partial charge >= 0.3 is 0 Å². The van der Waals surface area contributed by atoms with Gasteiger partial charge in [0.2, 0.25) is 5.91 Å². The number of nitrogens with zero attached hydrogens (tertiary/aromatic N) is 1. The van der Waals surface area contributed by atoms with Crippen molar-refractivity contribution in [2.45, 2.75) is 27.2 Å². The van der Waals surface area contributed by atoms with E-state index in [4.69, 9.17) is 0 Å². The van der Waals surface area contributed by atoms with E-state index in [0.717, 1.165) is 18.9 Å². The Balaban J connectivity index is 1.77. The van der Waals surface area contributed by atoms with Gasteiger partial charge in [-0.05, 0) is 25.0 Å². The summed E-state index contributed by atoms with van der Waals surface area (Å²) in [5, 5.41) is 10.7. The molecular formula is C19H29N5O. The third kappa shape index (κ3) is 5.24. The Bertz CT molecular complexity index is 732. The second-order valence-electron chi connectivity index (χ2n) is 6.40. The predicted molar refractivity (Wildman–Crippen MR) is 104 cm³/mol. The van der Waals surface area contributed by atoms with Crippen LogP contribution in [0.15, 0.2) is 29.3 Å². The van der Waals surface area contributed by atoms with Crippen LogP contribution in [-0.4, -0.2) is 43.5 Å². The average Bonchev–Trinajstić information content (AvgIpc) is 2.92. The summed E-state index contributed by atoms with van der Waals surface area (Å²) in [5.41, 5.74) is 3.73. The first kappa shape index (κ1) is 18.8. The van der Waals surface area contributed by atoms with Crippen molar-refractivity contribution in [1.82, 2.24) is 20.9 Å². The van der Waals surface area contributed by atoms with Crippen LogP contribution in [0.2, 0.25) is 0 Å². The molecule has 0 bridgehead atoms. The number of hydrogen-bond acceptors (Lipinski definition) is 2. The van der Waals surface area contributed by atoms with E-state index in [1.165, 1.54) is 22.2 Å². The average molecular weight is 343 g/mol. The maximum atomic E-state index is 11.5. The summed E-state index contributed by atoms with van der Waals surface area (Å²) in [7, 11) is 1.75. The van der Waals surface area contributed by atoms with E-state index in [0.29, 0.717) is 13.1 Å². The molecule has 0 atom stereocenters. The van der Waals surface area contributed by atoms with Crippen LogP contribution >= 0.6 is 0 Å². The molecule has 0 saturated carbocycles. The second kappa shape index (κ2) is 9.11. The van der Waals surface area contributed by atoms with E-state index >= 15 is 0 Å². The number of aryl methyl sites for hydroxylation is 1. The molecule has 4 N–H and O–H groups in total. The molecule has 25 heavy (non-hydrogen) atoms. The predicted octanol–water partition coefficient (Wildman–Crippen LogP) is 1.96. The third-order valence-corrected chi connectivity index (χ3v) is 4.16. The Hall–Kier alpha value is -2.50. The molecule has 6 heteroatoms. The van der Waals surface area contributed by atoms with E-state index in [1.54, 1.807) is 7.05 Å². The Labute approximate surface area is 149 Å². The van der Waals surface area contributed by atoms with Crippen molar-refractivity contribution >= 4 is 22.8 Å². The molecule has 0 aliphatic rings. The molecule has 1 amide bonds. The zero-order valence-corrected chi connectivity index (χ0v) is 15.6. The summed E-state index contributed by atoms with van der Waals surface area (Å²) in [4.78, 5) is 19.2. The van der Waals surface area contributed by atoms with Crippen molar-refractivity contribution in [1.29, 1.82) is 0 Å². The lowest BCUT2D eigenvalue weighted by Crippen LogP contribution is -2.42. The Kier molecular flexibility index (Phi) is 6.86. The summed E-state index contributed by atoms with van der Waals surface area (Å²) in [6, 6.07) is 8.37. The first-order valence-electron chi connectivity index (χ1n) is 8.81. The van der Waals surface area contributed by atoms with Gasteiger partial charge in [0.25, 0.3) is 0 Å². The standard InChI is InChI=1S/C19H29N5O/c1-13(2)18(25)21-11-12-23-19(20-4)22-10-9-15-14(3)24-17-8-6-5-7-16(15)17/h5-8,13,24H,9-12H2,1-4H3,(H,21,25)(H2,20,22,23). The molecule has 2 aromatic rings. The van der Waals surface area contributed by atoms with E-state index in [2.05, 4.69) is 51.0 Å². The normalized spacial score (nSPS) is 11.8. The van der Waals surface area contributed by atoms with Crippen molar-refractivity contribution in [2.24, 2.45) is 10.9 Å². The zero-order chi connectivity index (χ0) is 18.2. The maximum Gasteiger partial charge on any atom is 0.222 e. The van der Waals surface area contributed by atoms with E-state index < -0.39 is 0 Å². The van der Waals surface area contributed by atoms with Gasteiger partial charge in [-0.15, -0.1) is 0 Å². The van der Waals surface area contributed by atoms with Crippen molar-refractivity contribution in [3.05, 3.63) is 35.5 Å². The smallest absolute Gasteiger partial charge is 0.222 e. The minimum atomic E-state index is 0.0110. The van der Waals surface area contributed by atoms with E-state index in [-0.39, 0.29) is 11.8 Å². The van der Waals surface area contributed by atoms with Gasteiger partial charge in [0.1, 0.15) is 0 Å². The second-order valence-corrected chi connectivity index (χ2v) is 6.40. The summed E-state index contributed by atoms with van der Waals surface area (Å²) in [6.45, 7) is 7.90. The number of amides is 1. The minimum absolute atomic E-state index is 0.0110. The number of rotatable bonds is 7. The number of carbonyl (C=O) groups is 1. The molecule has 136 valence electrons. The quantitative estimate of drug-likeness (QED) is 0.352. The summed E-state index contributed by atoms with van der Waals surface area (Å²) >= 11 is 0. The molecule has 0 unspecified atom stereocenters. The fraction of sp³-hybridized carbons (Fsp3) is 0.474. The van der Waals surface area contributed by atoms with Crippen LogP contribution in [0.1, 0.15) is 25.1 Å². The maximum absolute atomic E-state index is 11.5. The molecule has 2 rings (SSSR count). The van der Waals surface area contributed by atoms with Gasteiger partial charge in [0.05, 0.1) is 0 Å². The molecule has 0 saturated heterocycles. The van der Waals surface area contributed by atoms with Gasteiger partial charge in [0, 0.05) is 49.2 Å². The Morgan fingerprint density at radius 2 is 1.80 bits per heavy atom. The summed E-state index contributed by atoms with van der Waals surface area (Å²) in [6.07, 6.45) is 0.917. The molecule has 0 spiro atoms. The number of para-hydroxylation sites is 1. The number of aromatic nitrogens is 1. The largest absolute Gasteiger partial charge is 0.358 e. The minimum Gasteiger partial charge on any atom is -0.358 e. The third-order valence-electron chi connectivity index (χ3n) is 4.16. The van der Waals surface area contributed by atoms with Crippen LogP contribution in [-0.2, 0) is 11.2 Å². The topological polar surface area (TPSA) is 81.3 Å². The fourth-order valence-electron chi connectivity index (χ4n) is 2.75. The van der Waals surface area contributed by atoms with Gasteiger partial charge in [-0.1, -0.05) is 32.0 Å². The number of aliphatic imine (C=N–C) groups is 1. The highest BCUT2D eigenvalue weighted by Gasteiger charge is 2.08. The number of fused-ring (bicyclic) bond motifs is 1. The Morgan fingerprint density at radius 3 is 2.52 bits per heavy atom. The van der Waals surface area contributed by atoms with Crippen molar-refractivity contribution < 1.29 is 4.79 Å². The number of H-pyrrole nitrogens is 1. The molecule has 1 aromatic heterocycles. The first-order valence-corrected chi connectivity index (χ1v) is 8.81. The number of hydrogen-bond donors (Lipinski definition) is 4. The van der Waals surface area contributed by atoms with Crippen molar-refractivity contribution in [3.8, 4) is 0 Å². The molecule has 1 aromatic carbocycles. The number of aromatic amines is 1. The van der Waals surface area contributed by atoms with Gasteiger partial charge in [-0.3, -0.25) is 9.79 Å². The number of benzene rings is 1. The van der Waals surface area contributed by atoms with Gasteiger partial charge in [-0.25, -0.2) is 0 Å². The first-order chi connectivity index (χ1) is 12.0. The number of nitrogens with one attached hydrogen (secondary N) is 4. The SMILES string of the molecule is CN=C(NCCNC(=O)C(C)C)NCCc1c(C)[nH]c2ccccc12. The van der Waals surface area contributed by atoms with Crippen molar-refractivity contribution in [3.63, 3.8) is 0 Å². The highest BCUT2D eigenvalue weighted by atomic mass is 16.1. The van der Waals surface area contributed by atoms with Crippen LogP contribution in [0.3, 0.4) is 0 Å². The molecular weight excluding hydrogens is 314 g/mol. The highest BCUT2D eigenvalue weighted by molar-refractivity contribution is 5.85. The molecule has 0 fully saturated rings. The van der Waals surface area contributed by atoms with Gasteiger partial charge in [0.15, 0.2) is 5.96 Å². The van der Waals surface area contributed by atoms with Crippen LogP contribution < -0.4 is 16.0 Å². The summed E-state index contributed by atoms with van der Waals surface area (Å²) < 4.78 is 0. The Morgan fingerprint density at radius 1 is 1.12 bits per heavy atom. The molecule has 6 nitrogen and oxygen atoms in total. The zero-order valence-electron chi connectivity index (χ0n) is 15.6. The molecule has 0 radical (unpaired) electrons. The molecule has 0 aliphatic heterocycles. The van der Waals surface area contributed by atoms with E-state index in [9.17, 15) is 4.79 Å². The number of carbonyl (C=O) groups excluding carboxylic acids is 1. The molecule has 0 aliphatic carbocycles. The fourth-order valence-corrected chi connectivity index (χ4v) is 2.75. The van der Waals surface area contributed by atoms with Crippen LogP contribution in [0, 0.1) is 12.8 Å². The number of guanidine groups is 1. The monoisotopic (exact) mass is 343 g/mol. The van der Waals surface area contributed by atoms with Gasteiger partial charge < -0.3 is 20.9 Å². The van der Waals surface area contributed by atoms with Gasteiger partial charge in [-0.2, -0.15) is 0 Å². The lowest BCUT2D eigenvalue weighted by molar-refractivity contribution is -0.123. The highest BCUT2D eigenvalue weighted by Crippen LogP contribution is 2.21. The lowest BCUT2D eigenvalue weighted by Gasteiger charge is -2.13. The lowest BCUT2D eigenvalue weighted by atomic mass is 10.1. The van der Waals surface area contributed by atoms with Crippen LogP contribution in [0.25, 0.3) is 10.9 Å². The summed E-state index contributed by atoms with van der Waals surface area (Å²) in [5.74, 6) is 0.827. The van der Waals surface area contributed by atoms with Crippen molar-refractivity contribution in [2.75, 3.05) is 26.7 Å². The van der Waals surface area contributed by atoms with Crippen LogP contribution in [0.4, 0.5) is 0 Å².